The maximum absolute atomic E-state index is 6.41. The number of fused-ring (bicyclic) bond motifs is 3. The standard InChI is InChI=1S/C40H36N4O3.Pt/c1-23-18-19-41-36(20-23)43-34-15-10-9-14-32(34)33-17-16-31(22-35(33)43)47-30-13-11-12-29(21-30)44-28(6)37(27(5)42-44)38-39(45-7)25(3)24(2)26(4)40(38)46-8;/h9-20H,1-8H3;/q-2;+2. The molecule has 0 atom stereocenters. The van der Waals surface area contributed by atoms with Gasteiger partial charge in [-0.05, 0) is 93.1 Å². The minimum Gasteiger partial charge on any atom is -0.509 e. The molecule has 7 aromatic rings. The first kappa shape index (κ1) is 33.0. The molecule has 0 fully saturated rings. The van der Waals surface area contributed by atoms with Crippen molar-refractivity contribution in [2.24, 2.45) is 0 Å². The van der Waals surface area contributed by atoms with E-state index in [2.05, 4.69) is 86.6 Å². The summed E-state index contributed by atoms with van der Waals surface area (Å²) in [7, 11) is 3.41. The van der Waals surface area contributed by atoms with Crippen molar-refractivity contribution in [2.75, 3.05) is 14.2 Å². The van der Waals surface area contributed by atoms with Gasteiger partial charge in [0.05, 0.1) is 25.5 Å². The second-order valence-corrected chi connectivity index (χ2v) is 11.9. The van der Waals surface area contributed by atoms with Gasteiger partial charge in [-0.3, -0.25) is 4.68 Å². The predicted molar refractivity (Wildman–Crippen MR) is 187 cm³/mol. The first-order valence-corrected chi connectivity index (χ1v) is 15.6. The van der Waals surface area contributed by atoms with Gasteiger partial charge < -0.3 is 18.8 Å². The van der Waals surface area contributed by atoms with Gasteiger partial charge in [0.2, 0.25) is 0 Å². The summed E-state index contributed by atoms with van der Waals surface area (Å²) in [6, 6.07) is 29.2. The molecule has 48 heavy (non-hydrogen) atoms. The zero-order chi connectivity index (χ0) is 33.0. The monoisotopic (exact) mass is 815 g/mol. The first-order valence-electron chi connectivity index (χ1n) is 15.6. The predicted octanol–water partition coefficient (Wildman–Crippen LogP) is 9.29. The molecule has 0 N–H and O–H groups in total. The number of rotatable bonds is 7. The first-order chi connectivity index (χ1) is 22.7. The summed E-state index contributed by atoms with van der Waals surface area (Å²) in [6.45, 7) is 12.4. The molecule has 0 radical (unpaired) electrons. The largest absolute Gasteiger partial charge is 2.00 e. The van der Waals surface area contributed by atoms with Gasteiger partial charge in [-0.2, -0.15) is 17.2 Å². The molecule has 0 unspecified atom stereocenters. The fourth-order valence-electron chi connectivity index (χ4n) is 6.63. The van der Waals surface area contributed by atoms with Crippen LogP contribution < -0.4 is 14.2 Å². The molecule has 4 aromatic carbocycles. The number of aryl methyl sites for hydroxylation is 2. The molecule has 7 rings (SSSR count). The summed E-state index contributed by atoms with van der Waals surface area (Å²) in [5.41, 5.74) is 10.8. The van der Waals surface area contributed by atoms with Crippen LogP contribution in [0.3, 0.4) is 0 Å². The van der Waals surface area contributed by atoms with Crippen molar-refractivity contribution in [1.82, 2.24) is 19.3 Å². The van der Waals surface area contributed by atoms with E-state index in [0.29, 0.717) is 11.5 Å². The molecular weight excluding hydrogens is 780 g/mol. The number of aromatic nitrogens is 4. The third-order valence-electron chi connectivity index (χ3n) is 9.10. The number of hydrogen-bond donors (Lipinski definition) is 0. The van der Waals surface area contributed by atoms with Crippen molar-refractivity contribution < 1.29 is 35.3 Å². The minimum atomic E-state index is 0. The molecule has 3 aromatic heterocycles. The van der Waals surface area contributed by atoms with Crippen LogP contribution in [0.25, 0.3) is 44.4 Å². The molecule has 0 aliphatic rings. The zero-order valence-corrected chi connectivity index (χ0v) is 30.5. The summed E-state index contributed by atoms with van der Waals surface area (Å²) in [6.07, 6.45) is 1.84. The van der Waals surface area contributed by atoms with Crippen LogP contribution in [0.1, 0.15) is 33.6 Å². The van der Waals surface area contributed by atoms with E-state index in [1.165, 1.54) is 0 Å². The van der Waals surface area contributed by atoms with Gasteiger partial charge in [-0.15, -0.1) is 35.7 Å². The maximum Gasteiger partial charge on any atom is 2.00 e. The van der Waals surface area contributed by atoms with Crippen molar-refractivity contribution in [1.29, 1.82) is 0 Å². The van der Waals surface area contributed by atoms with Gasteiger partial charge in [0.15, 0.2) is 0 Å². The molecule has 0 aliphatic carbocycles. The molecule has 0 aliphatic heterocycles. The van der Waals surface area contributed by atoms with Crippen molar-refractivity contribution in [3.05, 3.63) is 119 Å². The number of methoxy groups -OCH3 is 2. The van der Waals surface area contributed by atoms with Crippen LogP contribution in [-0.2, 0) is 21.1 Å². The smallest absolute Gasteiger partial charge is 0.509 e. The fraction of sp³-hybridized carbons (Fsp3) is 0.200. The number of benzene rings is 4. The Balaban J connectivity index is 0.00000401. The average Bonchev–Trinajstić information content (AvgIpc) is 3.56. The van der Waals surface area contributed by atoms with Crippen LogP contribution in [0.4, 0.5) is 0 Å². The number of pyridine rings is 1. The van der Waals surface area contributed by atoms with Crippen LogP contribution in [0.2, 0.25) is 0 Å². The number of ether oxygens (including phenoxy) is 3. The SMILES string of the molecule is COc1c(C)c(C)c(C)c(OC)c1-c1c(C)nn(-c2[c-]c(Oc3[c-]c4c(cc3)c3ccccc3n4-c3cc(C)ccn3)ccc2)c1C.[Pt+2]. The van der Waals surface area contributed by atoms with Gasteiger partial charge in [0.25, 0.3) is 0 Å². The number of hydrogen-bond acceptors (Lipinski definition) is 5. The van der Waals surface area contributed by atoms with E-state index in [4.69, 9.17) is 19.3 Å². The van der Waals surface area contributed by atoms with Crippen molar-refractivity contribution in [3.8, 4) is 45.6 Å². The van der Waals surface area contributed by atoms with Crippen LogP contribution in [0.15, 0.2) is 72.9 Å². The Morgan fingerprint density at radius 2 is 1.40 bits per heavy atom. The molecule has 7 nitrogen and oxygen atoms in total. The summed E-state index contributed by atoms with van der Waals surface area (Å²) in [5.74, 6) is 3.56. The molecule has 0 saturated carbocycles. The van der Waals surface area contributed by atoms with E-state index in [1.54, 1.807) is 14.2 Å². The van der Waals surface area contributed by atoms with Gasteiger partial charge in [-0.25, -0.2) is 4.98 Å². The van der Waals surface area contributed by atoms with Gasteiger partial charge in [-0.1, -0.05) is 23.7 Å². The maximum atomic E-state index is 6.41. The van der Waals surface area contributed by atoms with Crippen molar-refractivity contribution in [3.63, 3.8) is 0 Å². The van der Waals surface area contributed by atoms with Crippen LogP contribution in [0.5, 0.6) is 23.0 Å². The van der Waals surface area contributed by atoms with E-state index in [-0.39, 0.29) is 21.1 Å². The quantitative estimate of drug-likeness (QED) is 0.150. The normalized spacial score (nSPS) is 11.2. The third-order valence-corrected chi connectivity index (χ3v) is 9.10. The number of para-hydroxylation sites is 1. The topological polar surface area (TPSA) is 63.3 Å². The minimum absolute atomic E-state index is 0. The van der Waals surface area contributed by atoms with Crippen molar-refractivity contribution in [2.45, 2.75) is 41.5 Å². The molecular formula is C40H36N4O3Pt. The summed E-state index contributed by atoms with van der Waals surface area (Å²) < 4.78 is 22.4. The van der Waals surface area contributed by atoms with Gasteiger partial charge in [0.1, 0.15) is 17.3 Å². The average molecular weight is 816 g/mol. The van der Waals surface area contributed by atoms with Gasteiger partial charge >= 0.3 is 21.1 Å². The third kappa shape index (κ3) is 5.36. The number of nitrogens with zero attached hydrogens (tertiary/aromatic N) is 4. The molecule has 0 spiro atoms. The summed E-state index contributed by atoms with van der Waals surface area (Å²) in [4.78, 5) is 4.69. The molecule has 0 saturated heterocycles. The Labute approximate surface area is 295 Å². The Morgan fingerprint density at radius 3 is 2.10 bits per heavy atom. The Kier molecular flexibility index (Phi) is 8.93. The van der Waals surface area contributed by atoms with E-state index >= 15 is 0 Å². The molecule has 0 bridgehead atoms. The summed E-state index contributed by atoms with van der Waals surface area (Å²) >= 11 is 0. The molecule has 0 amide bonds. The summed E-state index contributed by atoms with van der Waals surface area (Å²) in [5, 5.41) is 7.17. The zero-order valence-electron chi connectivity index (χ0n) is 28.3. The Bertz CT molecular complexity index is 2310. The molecule has 244 valence electrons. The molecule has 8 heteroatoms. The second-order valence-electron chi connectivity index (χ2n) is 11.9. The Hall–Kier alpha value is -4.87. The van der Waals surface area contributed by atoms with E-state index in [9.17, 15) is 0 Å². The van der Waals surface area contributed by atoms with E-state index in [0.717, 1.165) is 89.6 Å². The van der Waals surface area contributed by atoms with Crippen LogP contribution in [0, 0.1) is 53.7 Å². The second kappa shape index (κ2) is 13.0. The van der Waals surface area contributed by atoms with E-state index < -0.39 is 0 Å². The fourth-order valence-corrected chi connectivity index (χ4v) is 6.63. The van der Waals surface area contributed by atoms with Crippen LogP contribution in [-0.4, -0.2) is 33.6 Å². The van der Waals surface area contributed by atoms with Crippen molar-refractivity contribution >= 4 is 21.8 Å². The van der Waals surface area contributed by atoms with Gasteiger partial charge in [0, 0.05) is 34.5 Å². The Morgan fingerprint density at radius 1 is 0.688 bits per heavy atom. The molecule has 3 heterocycles. The van der Waals surface area contributed by atoms with E-state index in [1.807, 2.05) is 54.2 Å². The van der Waals surface area contributed by atoms with Crippen LogP contribution >= 0.6 is 0 Å².